The van der Waals surface area contributed by atoms with Gasteiger partial charge < -0.3 is 10.6 Å². The Kier molecular flexibility index (Phi) is 4.85. The Morgan fingerprint density at radius 2 is 1.96 bits per heavy atom. The van der Waals surface area contributed by atoms with Crippen molar-refractivity contribution in [1.82, 2.24) is 9.97 Å². The van der Waals surface area contributed by atoms with Gasteiger partial charge in [-0.2, -0.15) is 0 Å². The van der Waals surface area contributed by atoms with Gasteiger partial charge in [0.25, 0.3) is 0 Å². The Balaban J connectivity index is 1.91. The van der Waals surface area contributed by atoms with Crippen LogP contribution >= 0.6 is 0 Å². The van der Waals surface area contributed by atoms with E-state index in [1.165, 1.54) is 6.08 Å². The molecule has 0 saturated carbocycles. The number of amides is 1. The molecule has 2 heterocycles. The highest BCUT2D eigenvalue weighted by atomic mass is 16.1. The van der Waals surface area contributed by atoms with Crippen molar-refractivity contribution in [2.24, 2.45) is 0 Å². The van der Waals surface area contributed by atoms with Gasteiger partial charge in [0.1, 0.15) is 11.6 Å². The number of hydrogen-bond donors (Lipinski definition) is 2. The van der Waals surface area contributed by atoms with Gasteiger partial charge in [0.15, 0.2) is 0 Å². The van der Waals surface area contributed by atoms with Crippen LogP contribution in [-0.4, -0.2) is 15.9 Å². The molecule has 2 aromatic heterocycles. The number of anilines is 3. The highest BCUT2D eigenvalue weighted by Crippen LogP contribution is 2.24. The van der Waals surface area contributed by atoms with E-state index in [0.717, 1.165) is 22.6 Å². The maximum atomic E-state index is 11.5. The monoisotopic (exact) mass is 330 g/mol. The zero-order valence-electron chi connectivity index (χ0n) is 13.9. The lowest BCUT2D eigenvalue weighted by Crippen LogP contribution is -2.07. The van der Waals surface area contributed by atoms with Crippen molar-refractivity contribution in [3.05, 3.63) is 79.0 Å². The number of hydrogen-bond acceptors (Lipinski definition) is 4. The number of aromatic nitrogens is 2. The molecule has 2 N–H and O–H groups in total. The Morgan fingerprint density at radius 3 is 2.72 bits per heavy atom. The minimum atomic E-state index is -0.244. The van der Waals surface area contributed by atoms with Crippen molar-refractivity contribution >= 4 is 23.2 Å². The topological polar surface area (TPSA) is 66.9 Å². The van der Waals surface area contributed by atoms with Crippen molar-refractivity contribution < 1.29 is 4.79 Å². The summed E-state index contributed by atoms with van der Waals surface area (Å²) in [5.41, 5.74) is 3.50. The second-order valence-electron chi connectivity index (χ2n) is 5.53. The Morgan fingerprint density at radius 1 is 1.08 bits per heavy atom. The second kappa shape index (κ2) is 7.40. The molecule has 5 heteroatoms. The molecule has 0 bridgehead atoms. The van der Waals surface area contributed by atoms with Crippen LogP contribution in [0.25, 0.3) is 11.3 Å². The quantitative estimate of drug-likeness (QED) is 0.684. The number of carbonyl (C=O) groups is 1. The standard InChI is InChI=1S/C20H18N4O/c1-3-20(25)22-16-8-6-7-15(13-16)17-11-14(2)12-19(23-17)24-18-9-4-5-10-21-18/h3-13H,1H2,2H3,(H,22,25)(H,21,23,24). The number of rotatable bonds is 5. The first kappa shape index (κ1) is 16.4. The van der Waals surface area contributed by atoms with E-state index in [-0.39, 0.29) is 5.91 Å². The fraction of sp³-hybridized carbons (Fsp3) is 0.0500. The van der Waals surface area contributed by atoms with E-state index in [0.29, 0.717) is 11.5 Å². The summed E-state index contributed by atoms with van der Waals surface area (Å²) in [7, 11) is 0. The third kappa shape index (κ3) is 4.29. The maximum Gasteiger partial charge on any atom is 0.247 e. The molecule has 25 heavy (non-hydrogen) atoms. The van der Waals surface area contributed by atoms with E-state index < -0.39 is 0 Å². The zero-order valence-corrected chi connectivity index (χ0v) is 13.9. The van der Waals surface area contributed by atoms with Gasteiger partial charge in [0.05, 0.1) is 5.69 Å². The van der Waals surface area contributed by atoms with Gasteiger partial charge in [-0.25, -0.2) is 9.97 Å². The van der Waals surface area contributed by atoms with E-state index in [1.54, 1.807) is 6.20 Å². The molecular weight excluding hydrogens is 312 g/mol. The van der Waals surface area contributed by atoms with Crippen LogP contribution in [0.1, 0.15) is 5.56 Å². The SMILES string of the molecule is C=CC(=O)Nc1cccc(-c2cc(C)cc(Nc3ccccn3)n2)c1. The van der Waals surface area contributed by atoms with Crippen molar-refractivity contribution in [2.75, 3.05) is 10.6 Å². The molecule has 0 fully saturated rings. The van der Waals surface area contributed by atoms with Crippen LogP contribution in [0.5, 0.6) is 0 Å². The van der Waals surface area contributed by atoms with Crippen molar-refractivity contribution in [1.29, 1.82) is 0 Å². The van der Waals surface area contributed by atoms with E-state index in [4.69, 9.17) is 0 Å². The first-order chi connectivity index (χ1) is 12.1. The summed E-state index contributed by atoms with van der Waals surface area (Å²) in [4.78, 5) is 20.4. The first-order valence-corrected chi connectivity index (χ1v) is 7.84. The lowest BCUT2D eigenvalue weighted by Gasteiger charge is -2.10. The summed E-state index contributed by atoms with van der Waals surface area (Å²) in [6.45, 7) is 5.47. The molecule has 0 unspecified atom stereocenters. The highest BCUT2D eigenvalue weighted by Gasteiger charge is 2.06. The molecule has 0 radical (unpaired) electrons. The van der Waals surface area contributed by atoms with Gasteiger partial charge in [-0.3, -0.25) is 4.79 Å². The summed E-state index contributed by atoms with van der Waals surface area (Å²) in [5.74, 6) is 1.21. The highest BCUT2D eigenvalue weighted by molar-refractivity contribution is 5.99. The van der Waals surface area contributed by atoms with Crippen LogP contribution in [0, 0.1) is 6.92 Å². The normalized spacial score (nSPS) is 10.1. The predicted octanol–water partition coefficient (Wildman–Crippen LogP) is 4.32. The van der Waals surface area contributed by atoms with E-state index in [2.05, 4.69) is 27.2 Å². The summed E-state index contributed by atoms with van der Waals surface area (Å²) in [6.07, 6.45) is 2.97. The molecule has 3 rings (SSSR count). The van der Waals surface area contributed by atoms with Gasteiger partial charge >= 0.3 is 0 Å². The molecule has 0 spiro atoms. The minimum absolute atomic E-state index is 0.244. The third-order valence-corrected chi connectivity index (χ3v) is 3.50. The summed E-state index contributed by atoms with van der Waals surface area (Å²) < 4.78 is 0. The fourth-order valence-electron chi connectivity index (χ4n) is 2.40. The molecule has 0 saturated heterocycles. The second-order valence-corrected chi connectivity index (χ2v) is 5.53. The Labute approximate surface area is 146 Å². The van der Waals surface area contributed by atoms with Gasteiger partial charge in [-0.15, -0.1) is 0 Å². The molecule has 0 atom stereocenters. The van der Waals surface area contributed by atoms with Crippen LogP contribution < -0.4 is 10.6 Å². The Bertz CT molecular complexity index is 907. The molecular formula is C20H18N4O. The Hall–Kier alpha value is -3.47. The van der Waals surface area contributed by atoms with Crippen LogP contribution in [0.4, 0.5) is 17.3 Å². The third-order valence-electron chi connectivity index (χ3n) is 3.50. The fourth-order valence-corrected chi connectivity index (χ4v) is 2.40. The van der Waals surface area contributed by atoms with Gasteiger partial charge in [-0.1, -0.05) is 24.8 Å². The molecule has 3 aromatic rings. The molecule has 0 aliphatic heterocycles. The predicted molar refractivity (Wildman–Crippen MR) is 101 cm³/mol. The number of benzene rings is 1. The van der Waals surface area contributed by atoms with Crippen molar-refractivity contribution in [3.63, 3.8) is 0 Å². The first-order valence-electron chi connectivity index (χ1n) is 7.84. The van der Waals surface area contributed by atoms with Crippen LogP contribution in [-0.2, 0) is 4.79 Å². The van der Waals surface area contributed by atoms with Gasteiger partial charge in [0, 0.05) is 17.4 Å². The average molecular weight is 330 g/mol. The van der Waals surface area contributed by atoms with Crippen LogP contribution in [0.3, 0.4) is 0 Å². The molecule has 0 aliphatic carbocycles. The van der Waals surface area contributed by atoms with Gasteiger partial charge in [-0.05, 0) is 55.0 Å². The molecule has 1 amide bonds. The summed E-state index contributed by atoms with van der Waals surface area (Å²) in [6, 6.07) is 17.2. The lowest BCUT2D eigenvalue weighted by molar-refractivity contribution is -0.111. The van der Waals surface area contributed by atoms with Crippen LogP contribution in [0.2, 0.25) is 0 Å². The van der Waals surface area contributed by atoms with Crippen molar-refractivity contribution in [2.45, 2.75) is 6.92 Å². The van der Waals surface area contributed by atoms with E-state index >= 15 is 0 Å². The maximum absolute atomic E-state index is 11.5. The van der Waals surface area contributed by atoms with E-state index in [9.17, 15) is 4.79 Å². The number of carbonyl (C=O) groups excluding carboxylic acids is 1. The molecule has 1 aromatic carbocycles. The molecule has 5 nitrogen and oxygen atoms in total. The van der Waals surface area contributed by atoms with Gasteiger partial charge in [0.2, 0.25) is 5.91 Å². The average Bonchev–Trinajstić information content (AvgIpc) is 2.62. The largest absolute Gasteiger partial charge is 0.325 e. The number of aryl methyl sites for hydroxylation is 1. The number of nitrogens with one attached hydrogen (secondary N) is 2. The van der Waals surface area contributed by atoms with E-state index in [1.807, 2.05) is 61.5 Å². The molecule has 0 aliphatic rings. The lowest BCUT2D eigenvalue weighted by atomic mass is 10.1. The smallest absolute Gasteiger partial charge is 0.247 e. The van der Waals surface area contributed by atoms with Crippen LogP contribution in [0.15, 0.2) is 73.4 Å². The van der Waals surface area contributed by atoms with Crippen molar-refractivity contribution in [3.8, 4) is 11.3 Å². The summed E-state index contributed by atoms with van der Waals surface area (Å²) >= 11 is 0. The number of nitrogens with zero attached hydrogens (tertiary/aromatic N) is 2. The minimum Gasteiger partial charge on any atom is -0.325 e. The number of pyridine rings is 2. The molecule has 124 valence electrons. The zero-order chi connectivity index (χ0) is 17.6. The summed E-state index contributed by atoms with van der Waals surface area (Å²) in [5, 5.41) is 5.97.